The Balaban J connectivity index is 1.76. The van der Waals surface area contributed by atoms with Gasteiger partial charge < -0.3 is 5.32 Å². The molecule has 2 unspecified atom stereocenters. The van der Waals surface area contributed by atoms with Crippen molar-refractivity contribution in [1.29, 1.82) is 0 Å². The predicted molar refractivity (Wildman–Crippen MR) is 97.6 cm³/mol. The monoisotopic (exact) mass is 322 g/mol. The maximum Gasteiger partial charge on any atom is 0.229 e. The lowest BCUT2D eigenvalue weighted by atomic mass is 9.80. The molecule has 1 spiro atoms. The van der Waals surface area contributed by atoms with Gasteiger partial charge in [0.1, 0.15) is 0 Å². The van der Waals surface area contributed by atoms with Gasteiger partial charge in [-0.25, -0.2) is 0 Å². The van der Waals surface area contributed by atoms with Crippen LogP contribution in [-0.2, 0) is 4.79 Å². The number of carbonyl (C=O) groups excluding carboxylic acids is 1. The fourth-order valence-electron chi connectivity index (χ4n) is 4.26. The highest BCUT2D eigenvalue weighted by atomic mass is 16.2. The van der Waals surface area contributed by atoms with Crippen LogP contribution in [0.5, 0.6) is 0 Å². The van der Waals surface area contributed by atoms with Crippen LogP contribution in [0, 0.1) is 5.41 Å². The van der Waals surface area contributed by atoms with Gasteiger partial charge in [0.05, 0.1) is 5.41 Å². The summed E-state index contributed by atoms with van der Waals surface area (Å²) >= 11 is 0. The predicted octanol–water partition coefficient (Wildman–Crippen LogP) is 4.51. The molecule has 2 aliphatic heterocycles. The Labute approximate surface area is 143 Å². The van der Waals surface area contributed by atoms with Crippen LogP contribution in [0.2, 0.25) is 0 Å². The molecule has 2 aliphatic rings. The van der Waals surface area contributed by atoms with E-state index < -0.39 is 0 Å². The van der Waals surface area contributed by atoms with Gasteiger partial charge in [0.2, 0.25) is 5.91 Å². The topological polar surface area (TPSA) is 32.3 Å². The average molecular weight is 323 g/mol. The molecule has 0 aromatic heterocycles. The molecule has 23 heavy (non-hydrogen) atoms. The SMILES string of the molecule is CCCCCCCC(CCCCCC)N1CCC2(CNC2=O)C1. The number of unbranched alkanes of at least 4 members (excludes halogenated alkanes) is 7. The summed E-state index contributed by atoms with van der Waals surface area (Å²) < 4.78 is 0. The Morgan fingerprint density at radius 3 is 2.09 bits per heavy atom. The average Bonchev–Trinajstić information content (AvgIpc) is 3.03. The van der Waals surface area contributed by atoms with Gasteiger partial charge in [0.15, 0.2) is 0 Å². The van der Waals surface area contributed by atoms with Crippen molar-refractivity contribution in [3.05, 3.63) is 0 Å². The van der Waals surface area contributed by atoms with E-state index in [1.54, 1.807) is 0 Å². The van der Waals surface area contributed by atoms with E-state index in [4.69, 9.17) is 0 Å². The van der Waals surface area contributed by atoms with Crippen LogP contribution in [0.1, 0.15) is 90.9 Å². The number of hydrogen-bond donors (Lipinski definition) is 1. The standard InChI is InChI=1S/C20H38N2O/c1-3-5-7-9-11-13-18(12-10-8-6-4-2)22-15-14-20(17-22)16-21-19(20)23/h18H,3-17H2,1-2H3,(H,21,23). The molecule has 134 valence electrons. The lowest BCUT2D eigenvalue weighted by Gasteiger charge is -2.38. The zero-order valence-corrected chi connectivity index (χ0v) is 15.5. The van der Waals surface area contributed by atoms with Gasteiger partial charge in [-0.15, -0.1) is 0 Å². The summed E-state index contributed by atoms with van der Waals surface area (Å²) in [5, 5.41) is 2.96. The van der Waals surface area contributed by atoms with Gasteiger partial charge >= 0.3 is 0 Å². The number of hydrogen-bond acceptors (Lipinski definition) is 2. The van der Waals surface area contributed by atoms with Crippen LogP contribution in [0.4, 0.5) is 0 Å². The molecular weight excluding hydrogens is 284 g/mol. The second-order valence-corrected chi connectivity index (χ2v) is 7.89. The summed E-state index contributed by atoms with van der Waals surface area (Å²) in [5.74, 6) is 0.313. The second kappa shape index (κ2) is 9.66. The Morgan fingerprint density at radius 1 is 1.00 bits per heavy atom. The largest absolute Gasteiger partial charge is 0.354 e. The minimum absolute atomic E-state index is 0.0100. The van der Waals surface area contributed by atoms with Gasteiger partial charge in [0, 0.05) is 19.1 Å². The Hall–Kier alpha value is -0.570. The van der Waals surface area contributed by atoms with E-state index in [9.17, 15) is 4.79 Å². The van der Waals surface area contributed by atoms with Crippen molar-refractivity contribution in [2.75, 3.05) is 19.6 Å². The molecule has 1 amide bonds. The van der Waals surface area contributed by atoms with Gasteiger partial charge in [-0.2, -0.15) is 0 Å². The van der Waals surface area contributed by atoms with Crippen molar-refractivity contribution >= 4 is 5.91 Å². The molecule has 3 nitrogen and oxygen atoms in total. The fraction of sp³-hybridized carbons (Fsp3) is 0.950. The number of amides is 1. The lowest BCUT2D eigenvalue weighted by molar-refractivity contribution is -0.139. The molecular formula is C20H38N2O. The minimum atomic E-state index is -0.0100. The van der Waals surface area contributed by atoms with Crippen molar-refractivity contribution < 1.29 is 4.79 Å². The number of β-lactam (4-membered cyclic amide) rings is 1. The highest BCUT2D eigenvalue weighted by Crippen LogP contribution is 2.37. The zero-order valence-electron chi connectivity index (χ0n) is 15.5. The molecule has 1 N–H and O–H groups in total. The maximum atomic E-state index is 11.9. The van der Waals surface area contributed by atoms with Crippen molar-refractivity contribution in [2.45, 2.75) is 96.9 Å². The first-order valence-corrected chi connectivity index (χ1v) is 10.2. The molecule has 2 fully saturated rings. The molecule has 3 heteroatoms. The van der Waals surface area contributed by atoms with Crippen LogP contribution < -0.4 is 5.32 Å². The van der Waals surface area contributed by atoms with E-state index in [0.717, 1.165) is 32.1 Å². The van der Waals surface area contributed by atoms with Crippen molar-refractivity contribution in [3.8, 4) is 0 Å². The highest BCUT2D eigenvalue weighted by molar-refractivity contribution is 5.89. The molecule has 2 saturated heterocycles. The van der Waals surface area contributed by atoms with Crippen LogP contribution in [-0.4, -0.2) is 36.5 Å². The first-order valence-electron chi connectivity index (χ1n) is 10.2. The van der Waals surface area contributed by atoms with E-state index in [1.807, 2.05) is 0 Å². The first kappa shape index (κ1) is 18.8. The van der Waals surface area contributed by atoms with Crippen LogP contribution in [0.15, 0.2) is 0 Å². The van der Waals surface area contributed by atoms with Gasteiger partial charge in [-0.1, -0.05) is 71.6 Å². The molecule has 0 saturated carbocycles. The Bertz CT molecular complexity index is 358. The third kappa shape index (κ3) is 5.20. The summed E-state index contributed by atoms with van der Waals surface area (Å²) in [5.41, 5.74) is -0.0100. The normalized spacial score (nSPS) is 25.6. The summed E-state index contributed by atoms with van der Waals surface area (Å²) in [6.07, 6.45) is 16.0. The summed E-state index contributed by atoms with van der Waals surface area (Å²) in [6.45, 7) is 7.64. The van der Waals surface area contributed by atoms with E-state index in [2.05, 4.69) is 24.1 Å². The number of carbonyl (C=O) groups is 1. The second-order valence-electron chi connectivity index (χ2n) is 7.89. The molecule has 2 rings (SSSR count). The number of nitrogens with one attached hydrogen (secondary N) is 1. The maximum absolute atomic E-state index is 11.9. The minimum Gasteiger partial charge on any atom is -0.354 e. The van der Waals surface area contributed by atoms with Crippen LogP contribution >= 0.6 is 0 Å². The fourth-order valence-corrected chi connectivity index (χ4v) is 4.26. The highest BCUT2D eigenvalue weighted by Gasteiger charge is 2.51. The lowest BCUT2D eigenvalue weighted by Crippen LogP contribution is -2.60. The molecule has 2 atom stereocenters. The molecule has 0 aromatic rings. The number of likely N-dealkylation sites (tertiary alicyclic amines) is 1. The Kier molecular flexibility index (Phi) is 7.88. The van der Waals surface area contributed by atoms with Crippen LogP contribution in [0.3, 0.4) is 0 Å². The summed E-state index contributed by atoms with van der Waals surface area (Å²) in [4.78, 5) is 14.6. The third-order valence-corrected chi connectivity index (χ3v) is 6.00. The Morgan fingerprint density at radius 2 is 1.61 bits per heavy atom. The summed E-state index contributed by atoms with van der Waals surface area (Å²) in [6, 6.07) is 0.723. The number of nitrogens with zero attached hydrogens (tertiary/aromatic N) is 1. The van der Waals surface area contributed by atoms with Gasteiger partial charge in [-0.05, 0) is 25.8 Å². The summed E-state index contributed by atoms with van der Waals surface area (Å²) in [7, 11) is 0. The molecule has 2 heterocycles. The number of rotatable bonds is 12. The smallest absolute Gasteiger partial charge is 0.229 e. The van der Waals surface area contributed by atoms with E-state index in [1.165, 1.54) is 70.6 Å². The van der Waals surface area contributed by atoms with Crippen molar-refractivity contribution in [1.82, 2.24) is 10.2 Å². The zero-order chi connectivity index (χ0) is 16.5. The van der Waals surface area contributed by atoms with E-state index >= 15 is 0 Å². The van der Waals surface area contributed by atoms with Crippen LogP contribution in [0.25, 0.3) is 0 Å². The van der Waals surface area contributed by atoms with E-state index in [0.29, 0.717) is 5.91 Å². The molecule has 0 radical (unpaired) electrons. The molecule has 0 aliphatic carbocycles. The quantitative estimate of drug-likeness (QED) is 0.423. The van der Waals surface area contributed by atoms with Crippen molar-refractivity contribution in [2.24, 2.45) is 5.41 Å². The molecule has 0 aromatic carbocycles. The van der Waals surface area contributed by atoms with Crippen molar-refractivity contribution in [3.63, 3.8) is 0 Å². The van der Waals surface area contributed by atoms with Gasteiger partial charge in [0.25, 0.3) is 0 Å². The third-order valence-electron chi connectivity index (χ3n) is 6.00. The van der Waals surface area contributed by atoms with Gasteiger partial charge in [-0.3, -0.25) is 9.69 Å². The van der Waals surface area contributed by atoms with E-state index in [-0.39, 0.29) is 5.41 Å². The first-order chi connectivity index (χ1) is 11.2. The molecule has 0 bridgehead atoms.